The van der Waals surface area contributed by atoms with E-state index in [1.54, 1.807) is 18.2 Å². The van der Waals surface area contributed by atoms with Gasteiger partial charge in [0.05, 0.1) is 11.3 Å². The summed E-state index contributed by atoms with van der Waals surface area (Å²) >= 11 is 0. The van der Waals surface area contributed by atoms with Gasteiger partial charge in [-0.1, -0.05) is 66.7 Å². The van der Waals surface area contributed by atoms with Crippen LogP contribution in [0.2, 0.25) is 0 Å². The quantitative estimate of drug-likeness (QED) is 0.323. The molecule has 0 atom stereocenters. The summed E-state index contributed by atoms with van der Waals surface area (Å²) in [5.74, 6) is -0.0733. The molecule has 0 aromatic heterocycles. The fraction of sp³-hybridized carbons (Fsp3) is 0.107. The molecule has 2 N–H and O–H groups in total. The summed E-state index contributed by atoms with van der Waals surface area (Å²) in [6.07, 6.45) is 1.86. The Bertz CT molecular complexity index is 1150. The number of hydrogen-bond donors (Lipinski definition) is 2. The molecule has 0 aliphatic rings. The van der Waals surface area contributed by atoms with Crippen molar-refractivity contribution in [3.05, 3.63) is 125 Å². The molecular weight excluding hydrogens is 398 g/mol. The van der Waals surface area contributed by atoms with Gasteiger partial charge in [-0.3, -0.25) is 0 Å². The minimum atomic E-state index is -0.943. The molecule has 0 fully saturated rings. The average molecular weight is 424 g/mol. The van der Waals surface area contributed by atoms with Crippen molar-refractivity contribution in [2.45, 2.75) is 19.4 Å². The molecule has 0 radical (unpaired) electrons. The van der Waals surface area contributed by atoms with E-state index in [9.17, 15) is 9.90 Å². The van der Waals surface area contributed by atoms with Crippen molar-refractivity contribution in [3.63, 3.8) is 0 Å². The van der Waals surface area contributed by atoms with Crippen LogP contribution in [-0.4, -0.2) is 11.1 Å². The lowest BCUT2D eigenvalue weighted by atomic mass is 10.0. The van der Waals surface area contributed by atoms with Gasteiger partial charge in [-0.2, -0.15) is 0 Å². The second-order valence-electron chi connectivity index (χ2n) is 7.59. The first-order chi connectivity index (χ1) is 15.7. The van der Waals surface area contributed by atoms with Crippen molar-refractivity contribution in [2.75, 3.05) is 5.32 Å². The first-order valence-corrected chi connectivity index (χ1v) is 10.6. The fourth-order valence-electron chi connectivity index (χ4n) is 3.47. The van der Waals surface area contributed by atoms with Crippen LogP contribution in [-0.2, 0) is 19.4 Å². The van der Waals surface area contributed by atoms with Crippen molar-refractivity contribution in [2.24, 2.45) is 0 Å². The van der Waals surface area contributed by atoms with Gasteiger partial charge < -0.3 is 15.2 Å². The zero-order valence-electron chi connectivity index (χ0n) is 17.7. The number of carboxylic acid groups (broad SMARTS) is 1. The number of anilines is 2. The number of ether oxygens (including phenoxy) is 1. The van der Waals surface area contributed by atoms with E-state index in [-0.39, 0.29) is 5.56 Å². The zero-order chi connectivity index (χ0) is 22.2. The van der Waals surface area contributed by atoms with Gasteiger partial charge in [0.2, 0.25) is 0 Å². The minimum absolute atomic E-state index is 0.257. The number of carbonyl (C=O) groups is 1. The second-order valence-corrected chi connectivity index (χ2v) is 7.59. The van der Waals surface area contributed by atoms with Gasteiger partial charge in [0, 0.05) is 5.69 Å². The van der Waals surface area contributed by atoms with E-state index in [1.807, 2.05) is 48.5 Å². The fourth-order valence-corrected chi connectivity index (χ4v) is 3.47. The number of para-hydroxylation sites is 1. The highest BCUT2D eigenvalue weighted by Crippen LogP contribution is 2.22. The Kier molecular flexibility index (Phi) is 6.83. The first kappa shape index (κ1) is 21.2. The summed E-state index contributed by atoms with van der Waals surface area (Å²) in [5.41, 5.74) is 5.35. The van der Waals surface area contributed by atoms with Gasteiger partial charge >= 0.3 is 5.97 Å². The molecule has 0 heterocycles. The number of aryl methyl sites for hydroxylation is 2. The van der Waals surface area contributed by atoms with Crippen molar-refractivity contribution in [1.82, 2.24) is 0 Å². The Balaban J connectivity index is 1.29. The Morgan fingerprint density at radius 1 is 0.688 bits per heavy atom. The third-order valence-electron chi connectivity index (χ3n) is 5.26. The molecule has 0 spiro atoms. The van der Waals surface area contributed by atoms with Gasteiger partial charge in [-0.05, 0) is 65.9 Å². The van der Waals surface area contributed by atoms with Crippen LogP contribution < -0.4 is 10.1 Å². The van der Waals surface area contributed by atoms with Crippen LogP contribution in [0, 0.1) is 0 Å². The van der Waals surface area contributed by atoms with Crippen LogP contribution in [0.4, 0.5) is 11.4 Å². The number of benzene rings is 4. The van der Waals surface area contributed by atoms with E-state index in [0.29, 0.717) is 12.3 Å². The van der Waals surface area contributed by atoms with Crippen LogP contribution in [0.15, 0.2) is 103 Å². The number of rotatable bonds is 9. The summed E-state index contributed by atoms with van der Waals surface area (Å²) in [4.78, 5) is 11.4. The summed E-state index contributed by atoms with van der Waals surface area (Å²) in [5, 5.41) is 12.5. The van der Waals surface area contributed by atoms with E-state index in [2.05, 4.69) is 41.7 Å². The molecule has 0 saturated carbocycles. The maximum absolute atomic E-state index is 11.4. The average Bonchev–Trinajstić information content (AvgIpc) is 2.84. The Hall–Kier alpha value is -4.05. The third kappa shape index (κ3) is 5.76. The lowest BCUT2D eigenvalue weighted by Crippen LogP contribution is -2.02. The molecule has 4 aromatic rings. The van der Waals surface area contributed by atoms with Crippen LogP contribution in [0.3, 0.4) is 0 Å². The lowest BCUT2D eigenvalue weighted by molar-refractivity contribution is 0.0698. The highest BCUT2D eigenvalue weighted by molar-refractivity contribution is 5.95. The molecular formula is C28H25NO3. The number of carboxylic acids is 1. The molecule has 32 heavy (non-hydrogen) atoms. The van der Waals surface area contributed by atoms with E-state index in [0.717, 1.165) is 29.8 Å². The molecule has 160 valence electrons. The zero-order valence-corrected chi connectivity index (χ0v) is 17.7. The molecule has 0 aliphatic carbocycles. The molecule has 4 aromatic carbocycles. The molecule has 4 rings (SSSR count). The highest BCUT2D eigenvalue weighted by atomic mass is 16.5. The molecule has 0 saturated heterocycles. The number of aromatic carboxylic acids is 1. The minimum Gasteiger partial charge on any atom is -0.489 e. The predicted molar refractivity (Wildman–Crippen MR) is 128 cm³/mol. The monoisotopic (exact) mass is 423 g/mol. The number of hydrogen-bond acceptors (Lipinski definition) is 3. The van der Waals surface area contributed by atoms with Crippen molar-refractivity contribution in [1.29, 1.82) is 0 Å². The largest absolute Gasteiger partial charge is 0.489 e. The van der Waals surface area contributed by atoms with E-state index in [1.165, 1.54) is 11.1 Å². The summed E-state index contributed by atoms with van der Waals surface area (Å²) in [6, 6.07) is 33.4. The summed E-state index contributed by atoms with van der Waals surface area (Å²) in [7, 11) is 0. The lowest BCUT2D eigenvalue weighted by Gasteiger charge is -2.10. The number of nitrogens with one attached hydrogen (secondary N) is 1. The van der Waals surface area contributed by atoms with Gasteiger partial charge in [0.15, 0.2) is 0 Å². The molecule has 4 heteroatoms. The van der Waals surface area contributed by atoms with Crippen LogP contribution in [0.5, 0.6) is 5.75 Å². The van der Waals surface area contributed by atoms with Crippen molar-refractivity contribution in [3.8, 4) is 5.75 Å². The second kappa shape index (κ2) is 10.3. The van der Waals surface area contributed by atoms with Gasteiger partial charge in [-0.25, -0.2) is 4.79 Å². The van der Waals surface area contributed by atoms with Gasteiger partial charge in [0.25, 0.3) is 0 Å². The Labute approximate surface area is 188 Å². The van der Waals surface area contributed by atoms with Crippen LogP contribution in [0.25, 0.3) is 0 Å². The smallest absolute Gasteiger partial charge is 0.337 e. The van der Waals surface area contributed by atoms with E-state index < -0.39 is 5.97 Å². The van der Waals surface area contributed by atoms with Crippen LogP contribution in [0.1, 0.15) is 27.0 Å². The maximum atomic E-state index is 11.4. The SMILES string of the molecule is O=C(O)c1ccccc1Nc1ccc(CCc2ccc(OCc3ccccc3)cc2)cc1. The van der Waals surface area contributed by atoms with E-state index in [4.69, 9.17) is 4.74 Å². The van der Waals surface area contributed by atoms with Gasteiger partial charge in [-0.15, -0.1) is 0 Å². The molecule has 0 bridgehead atoms. The topological polar surface area (TPSA) is 58.6 Å². The first-order valence-electron chi connectivity index (χ1n) is 10.6. The van der Waals surface area contributed by atoms with Gasteiger partial charge in [0.1, 0.15) is 12.4 Å². The van der Waals surface area contributed by atoms with Crippen molar-refractivity contribution < 1.29 is 14.6 Å². The van der Waals surface area contributed by atoms with Crippen molar-refractivity contribution >= 4 is 17.3 Å². The maximum Gasteiger partial charge on any atom is 0.337 e. The Morgan fingerprint density at radius 3 is 1.94 bits per heavy atom. The standard InChI is InChI=1S/C28H25NO3/c30-28(31)26-8-4-5-9-27(26)29-24-16-12-21(13-17-24)10-11-22-14-18-25(19-15-22)32-20-23-6-2-1-3-7-23/h1-9,12-19,29H,10-11,20H2,(H,30,31). The normalized spacial score (nSPS) is 10.5. The molecule has 4 nitrogen and oxygen atoms in total. The van der Waals surface area contributed by atoms with Crippen LogP contribution >= 0.6 is 0 Å². The third-order valence-corrected chi connectivity index (χ3v) is 5.26. The summed E-state index contributed by atoms with van der Waals surface area (Å²) in [6.45, 7) is 0.567. The highest BCUT2D eigenvalue weighted by Gasteiger charge is 2.09. The molecule has 0 aliphatic heterocycles. The Morgan fingerprint density at radius 2 is 1.28 bits per heavy atom. The van der Waals surface area contributed by atoms with E-state index >= 15 is 0 Å². The molecule has 0 unspecified atom stereocenters. The predicted octanol–water partition coefficient (Wildman–Crippen LogP) is 6.49. The molecule has 0 amide bonds. The summed E-state index contributed by atoms with van der Waals surface area (Å²) < 4.78 is 5.85.